The molecule has 0 unspecified atom stereocenters. The fourth-order valence-corrected chi connectivity index (χ4v) is 1.11. The van der Waals surface area contributed by atoms with E-state index < -0.39 is 6.03 Å². The van der Waals surface area contributed by atoms with E-state index >= 15 is 0 Å². The summed E-state index contributed by atoms with van der Waals surface area (Å²) < 4.78 is 9.59. The molecule has 0 bridgehead atoms. The van der Waals surface area contributed by atoms with Gasteiger partial charge in [-0.05, 0) is 13.8 Å². The molecule has 16 heavy (non-hydrogen) atoms. The van der Waals surface area contributed by atoms with Crippen LogP contribution in [0.4, 0.5) is 16.4 Å². The molecule has 0 aliphatic heterocycles. The zero-order chi connectivity index (χ0) is 11.5. The maximum atomic E-state index is 11.4. The number of carbonyl (C=O) groups excluding carboxylic acids is 1. The number of amides is 2. The highest BCUT2D eigenvalue weighted by atomic mass is 16.5. The molecule has 2 amide bonds. The van der Waals surface area contributed by atoms with Crippen LogP contribution < -0.4 is 10.6 Å². The Hall–Kier alpha value is -2.31. The van der Waals surface area contributed by atoms with E-state index in [1.807, 2.05) is 0 Å². The molecule has 2 rings (SSSR count). The number of hydrogen-bond donors (Lipinski definition) is 2. The van der Waals surface area contributed by atoms with Crippen LogP contribution in [0.3, 0.4) is 0 Å². The van der Waals surface area contributed by atoms with Crippen molar-refractivity contribution < 1.29 is 13.8 Å². The number of nitrogens with one attached hydrogen (secondary N) is 2. The monoisotopic (exact) mass is 222 g/mol. The molecular weight excluding hydrogens is 212 g/mol. The van der Waals surface area contributed by atoms with Crippen LogP contribution in [-0.2, 0) is 0 Å². The van der Waals surface area contributed by atoms with Crippen molar-refractivity contribution in [3.63, 3.8) is 0 Å². The number of nitrogens with zero attached hydrogens (tertiary/aromatic N) is 2. The summed E-state index contributed by atoms with van der Waals surface area (Å²) in [5.41, 5.74) is 0. The van der Waals surface area contributed by atoms with Crippen LogP contribution in [-0.4, -0.2) is 16.3 Å². The standard InChI is InChI=1S/C9H10N4O3/c1-5-3-7(12-15-5)10-9(14)11-8-4-6(2)16-13-8/h3-4H,1-2H3,(H2,10,11,12,13,14). The van der Waals surface area contributed by atoms with Gasteiger partial charge in [0.05, 0.1) is 0 Å². The molecule has 0 aromatic carbocycles. The first-order valence-corrected chi connectivity index (χ1v) is 4.58. The number of anilines is 2. The first kappa shape index (κ1) is 10.2. The van der Waals surface area contributed by atoms with Crippen molar-refractivity contribution in [2.45, 2.75) is 13.8 Å². The van der Waals surface area contributed by atoms with Crippen LogP contribution in [0.5, 0.6) is 0 Å². The molecule has 2 N–H and O–H groups in total. The molecule has 2 aromatic rings. The Kier molecular flexibility index (Phi) is 2.59. The van der Waals surface area contributed by atoms with Crippen molar-refractivity contribution >= 4 is 17.7 Å². The molecule has 84 valence electrons. The smallest absolute Gasteiger partial charge is 0.326 e. The van der Waals surface area contributed by atoms with Crippen LogP contribution in [0.1, 0.15) is 11.5 Å². The van der Waals surface area contributed by atoms with Gasteiger partial charge in [-0.1, -0.05) is 10.3 Å². The Morgan fingerprint density at radius 1 is 1.06 bits per heavy atom. The van der Waals surface area contributed by atoms with Crippen molar-refractivity contribution in [2.75, 3.05) is 10.6 Å². The minimum absolute atomic E-state index is 0.343. The van der Waals surface area contributed by atoms with Crippen molar-refractivity contribution in [1.82, 2.24) is 10.3 Å². The summed E-state index contributed by atoms with van der Waals surface area (Å²) in [5.74, 6) is 1.92. The lowest BCUT2D eigenvalue weighted by Crippen LogP contribution is -2.19. The first-order valence-electron chi connectivity index (χ1n) is 4.58. The van der Waals surface area contributed by atoms with Crippen LogP contribution >= 0.6 is 0 Å². The lowest BCUT2D eigenvalue weighted by molar-refractivity contribution is 0.261. The number of rotatable bonds is 2. The van der Waals surface area contributed by atoms with Gasteiger partial charge in [0, 0.05) is 12.1 Å². The van der Waals surface area contributed by atoms with Crippen molar-refractivity contribution in [3.8, 4) is 0 Å². The highest BCUT2D eigenvalue weighted by Crippen LogP contribution is 2.09. The van der Waals surface area contributed by atoms with Gasteiger partial charge in [-0.15, -0.1) is 0 Å². The summed E-state index contributed by atoms with van der Waals surface area (Å²) in [7, 11) is 0. The highest BCUT2D eigenvalue weighted by Gasteiger charge is 2.08. The Bertz CT molecular complexity index is 458. The average Bonchev–Trinajstić information content (AvgIpc) is 2.76. The fourth-order valence-electron chi connectivity index (χ4n) is 1.11. The van der Waals surface area contributed by atoms with Gasteiger partial charge in [-0.3, -0.25) is 10.6 Å². The predicted octanol–water partition coefficient (Wildman–Crippen LogP) is 1.92. The predicted molar refractivity (Wildman–Crippen MR) is 55.1 cm³/mol. The minimum atomic E-state index is -0.457. The molecule has 0 radical (unpaired) electrons. The summed E-state index contributed by atoms with van der Waals surface area (Å²) in [6, 6.07) is 2.75. The van der Waals surface area contributed by atoms with E-state index in [9.17, 15) is 4.79 Å². The third-order valence-corrected chi connectivity index (χ3v) is 1.74. The zero-order valence-electron chi connectivity index (χ0n) is 8.77. The van der Waals surface area contributed by atoms with Gasteiger partial charge < -0.3 is 9.05 Å². The van der Waals surface area contributed by atoms with E-state index in [4.69, 9.17) is 9.05 Å². The Labute approximate surface area is 90.8 Å². The number of hydrogen-bond acceptors (Lipinski definition) is 5. The summed E-state index contributed by atoms with van der Waals surface area (Å²) in [5, 5.41) is 12.2. The van der Waals surface area contributed by atoms with Crippen molar-refractivity contribution in [2.24, 2.45) is 0 Å². The molecule has 7 nitrogen and oxygen atoms in total. The van der Waals surface area contributed by atoms with Gasteiger partial charge in [0.2, 0.25) is 0 Å². The summed E-state index contributed by atoms with van der Waals surface area (Å²) in [6.07, 6.45) is 0. The molecule has 0 aliphatic carbocycles. The molecule has 0 atom stereocenters. The number of aryl methyl sites for hydroxylation is 2. The molecule has 0 saturated heterocycles. The third kappa shape index (κ3) is 2.38. The Balaban J connectivity index is 1.94. The van der Waals surface area contributed by atoms with E-state index in [1.165, 1.54) is 0 Å². The normalized spacial score (nSPS) is 10.1. The lowest BCUT2D eigenvalue weighted by Gasteiger charge is -1.99. The topological polar surface area (TPSA) is 93.2 Å². The summed E-state index contributed by atoms with van der Waals surface area (Å²) in [4.78, 5) is 11.4. The quantitative estimate of drug-likeness (QED) is 0.809. The minimum Gasteiger partial charge on any atom is -0.360 e. The van der Waals surface area contributed by atoms with Gasteiger partial charge in [-0.25, -0.2) is 4.79 Å². The number of urea groups is 1. The number of aromatic nitrogens is 2. The largest absolute Gasteiger partial charge is 0.360 e. The maximum Gasteiger partial charge on any atom is 0.326 e. The van der Waals surface area contributed by atoms with Crippen LogP contribution in [0.25, 0.3) is 0 Å². The van der Waals surface area contributed by atoms with E-state index in [-0.39, 0.29) is 0 Å². The molecule has 0 aliphatic rings. The van der Waals surface area contributed by atoms with E-state index in [0.717, 1.165) is 0 Å². The molecule has 0 spiro atoms. The van der Waals surface area contributed by atoms with Crippen LogP contribution in [0.15, 0.2) is 21.2 Å². The molecule has 0 saturated carbocycles. The second kappa shape index (κ2) is 4.05. The Morgan fingerprint density at radius 2 is 1.50 bits per heavy atom. The second-order valence-electron chi connectivity index (χ2n) is 3.22. The number of carbonyl (C=O) groups is 1. The van der Waals surface area contributed by atoms with Crippen molar-refractivity contribution in [3.05, 3.63) is 23.7 Å². The Morgan fingerprint density at radius 3 is 1.81 bits per heavy atom. The van der Waals surface area contributed by atoms with Gasteiger partial charge in [0.1, 0.15) is 11.5 Å². The second-order valence-corrected chi connectivity index (χ2v) is 3.22. The lowest BCUT2D eigenvalue weighted by atomic mass is 10.5. The highest BCUT2D eigenvalue weighted by molar-refractivity contribution is 5.98. The molecule has 2 heterocycles. The molecule has 7 heteroatoms. The fraction of sp³-hybridized carbons (Fsp3) is 0.222. The van der Waals surface area contributed by atoms with Gasteiger partial charge in [0.25, 0.3) is 0 Å². The van der Waals surface area contributed by atoms with E-state index in [2.05, 4.69) is 20.9 Å². The molecule has 2 aromatic heterocycles. The zero-order valence-corrected chi connectivity index (χ0v) is 8.77. The first-order chi connectivity index (χ1) is 7.63. The van der Waals surface area contributed by atoms with Gasteiger partial charge in [0.15, 0.2) is 11.6 Å². The van der Waals surface area contributed by atoms with E-state index in [0.29, 0.717) is 23.2 Å². The average molecular weight is 222 g/mol. The van der Waals surface area contributed by atoms with Gasteiger partial charge in [-0.2, -0.15) is 0 Å². The molecule has 0 fully saturated rings. The maximum absolute atomic E-state index is 11.4. The van der Waals surface area contributed by atoms with Crippen LogP contribution in [0.2, 0.25) is 0 Å². The third-order valence-electron chi connectivity index (χ3n) is 1.74. The SMILES string of the molecule is Cc1cc(NC(=O)Nc2cc(C)on2)no1. The van der Waals surface area contributed by atoms with E-state index in [1.54, 1.807) is 26.0 Å². The summed E-state index contributed by atoms with van der Waals surface area (Å²) >= 11 is 0. The van der Waals surface area contributed by atoms with Crippen molar-refractivity contribution in [1.29, 1.82) is 0 Å². The van der Waals surface area contributed by atoms with Crippen LogP contribution in [0, 0.1) is 13.8 Å². The molecular formula is C9H10N4O3. The summed E-state index contributed by atoms with van der Waals surface area (Å²) in [6.45, 7) is 3.47. The van der Waals surface area contributed by atoms with Gasteiger partial charge >= 0.3 is 6.03 Å².